The molecule has 2 N–H and O–H groups in total. The summed E-state index contributed by atoms with van der Waals surface area (Å²) < 4.78 is 5.89. The molecule has 1 unspecified atom stereocenters. The Hall–Kier alpha value is -1.50. The number of nitrogens with zero attached hydrogens (tertiary/aromatic N) is 3. The lowest BCUT2D eigenvalue weighted by atomic mass is 10.3. The molecular weight excluding hydrogens is 374 g/mol. The lowest BCUT2D eigenvalue weighted by molar-refractivity contribution is 0.230. The predicted molar refractivity (Wildman–Crippen MR) is 119 cm³/mol. The third-order valence-electron chi connectivity index (χ3n) is 4.76. The fourth-order valence-electron chi connectivity index (χ4n) is 3.18. The third-order valence-corrected chi connectivity index (χ3v) is 5.01. The van der Waals surface area contributed by atoms with Gasteiger partial charge in [0.15, 0.2) is 5.96 Å². The number of benzene rings is 1. The molecule has 0 saturated carbocycles. The largest absolute Gasteiger partial charge is 0.489 e. The van der Waals surface area contributed by atoms with Crippen LogP contribution in [0.15, 0.2) is 29.3 Å². The monoisotopic (exact) mass is 409 g/mol. The molecule has 1 heterocycles. The van der Waals surface area contributed by atoms with Gasteiger partial charge in [0.1, 0.15) is 11.9 Å². The highest BCUT2D eigenvalue weighted by molar-refractivity contribution is 6.30. The standard InChI is InChI=1S/C21H36ClN5O/c1-4-23-21(24-11-5-13-27-14-6-12-26(3)15-16-27)25-17-18(2)28-20-9-7-19(22)8-10-20/h7-10,18H,4-6,11-17H2,1-3H3,(H2,23,24,25). The summed E-state index contributed by atoms with van der Waals surface area (Å²) in [5.74, 6) is 1.66. The van der Waals surface area contributed by atoms with E-state index in [0.717, 1.165) is 37.8 Å². The maximum Gasteiger partial charge on any atom is 0.191 e. The molecule has 1 atom stereocenters. The molecule has 158 valence electrons. The Labute approximate surface area is 175 Å². The van der Waals surface area contributed by atoms with Crippen molar-refractivity contribution in [1.29, 1.82) is 0 Å². The van der Waals surface area contributed by atoms with Crippen LogP contribution in [0, 0.1) is 0 Å². The van der Waals surface area contributed by atoms with Crippen molar-refractivity contribution in [2.45, 2.75) is 32.8 Å². The van der Waals surface area contributed by atoms with Crippen molar-refractivity contribution >= 4 is 17.6 Å². The molecular formula is C21H36ClN5O. The van der Waals surface area contributed by atoms with Crippen LogP contribution >= 0.6 is 11.6 Å². The van der Waals surface area contributed by atoms with Crippen LogP contribution in [0.1, 0.15) is 26.7 Å². The molecule has 1 aromatic carbocycles. The van der Waals surface area contributed by atoms with Gasteiger partial charge in [-0.1, -0.05) is 11.6 Å². The van der Waals surface area contributed by atoms with Crippen LogP contribution in [-0.4, -0.2) is 81.3 Å². The van der Waals surface area contributed by atoms with Crippen molar-refractivity contribution in [2.24, 2.45) is 4.99 Å². The van der Waals surface area contributed by atoms with Gasteiger partial charge in [0.2, 0.25) is 0 Å². The Balaban J connectivity index is 1.69. The summed E-state index contributed by atoms with van der Waals surface area (Å²) in [6.45, 7) is 12.4. The Bertz CT molecular complexity index is 581. The lowest BCUT2D eigenvalue weighted by Crippen LogP contribution is -2.39. The van der Waals surface area contributed by atoms with E-state index in [2.05, 4.69) is 39.4 Å². The van der Waals surface area contributed by atoms with Gasteiger partial charge in [-0.05, 0) is 77.6 Å². The minimum Gasteiger partial charge on any atom is -0.489 e. The van der Waals surface area contributed by atoms with Crippen LogP contribution in [0.4, 0.5) is 0 Å². The number of aliphatic imine (C=N–C) groups is 1. The summed E-state index contributed by atoms with van der Waals surface area (Å²) >= 11 is 5.91. The van der Waals surface area contributed by atoms with Crippen LogP contribution in [0.3, 0.4) is 0 Å². The summed E-state index contributed by atoms with van der Waals surface area (Å²) in [6.07, 6.45) is 2.37. The highest BCUT2D eigenvalue weighted by Crippen LogP contribution is 2.16. The van der Waals surface area contributed by atoms with Gasteiger partial charge in [0.05, 0.1) is 6.54 Å². The average molecular weight is 410 g/mol. The highest BCUT2D eigenvalue weighted by atomic mass is 35.5. The fourth-order valence-corrected chi connectivity index (χ4v) is 3.30. The van der Waals surface area contributed by atoms with Gasteiger partial charge in [-0.3, -0.25) is 0 Å². The second kappa shape index (κ2) is 12.9. The van der Waals surface area contributed by atoms with Crippen molar-refractivity contribution in [3.8, 4) is 5.75 Å². The second-order valence-electron chi connectivity index (χ2n) is 7.38. The molecule has 1 saturated heterocycles. The SMILES string of the molecule is CCNC(=NCC(C)Oc1ccc(Cl)cc1)NCCCN1CCCN(C)CC1. The molecule has 0 aromatic heterocycles. The predicted octanol–water partition coefficient (Wildman–Crippen LogP) is 2.69. The zero-order valence-corrected chi connectivity index (χ0v) is 18.3. The number of hydrogen-bond donors (Lipinski definition) is 2. The Morgan fingerprint density at radius 2 is 1.96 bits per heavy atom. The summed E-state index contributed by atoms with van der Waals surface area (Å²) in [7, 11) is 2.21. The van der Waals surface area contributed by atoms with Gasteiger partial charge in [0.25, 0.3) is 0 Å². The molecule has 0 radical (unpaired) electrons. The van der Waals surface area contributed by atoms with E-state index in [4.69, 9.17) is 16.3 Å². The van der Waals surface area contributed by atoms with Crippen LogP contribution in [0.5, 0.6) is 5.75 Å². The summed E-state index contributed by atoms with van der Waals surface area (Å²) in [5, 5.41) is 7.46. The Morgan fingerprint density at radius 3 is 2.71 bits per heavy atom. The van der Waals surface area contributed by atoms with E-state index in [-0.39, 0.29) is 6.10 Å². The molecule has 0 spiro atoms. The first-order chi connectivity index (χ1) is 13.6. The van der Waals surface area contributed by atoms with Crippen molar-refractivity contribution in [3.05, 3.63) is 29.3 Å². The highest BCUT2D eigenvalue weighted by Gasteiger charge is 2.11. The number of nitrogens with one attached hydrogen (secondary N) is 2. The van der Waals surface area contributed by atoms with E-state index in [1.807, 2.05) is 31.2 Å². The molecule has 7 heteroatoms. The molecule has 0 bridgehead atoms. The molecule has 2 rings (SSSR count). The van der Waals surface area contributed by atoms with Crippen molar-refractivity contribution in [3.63, 3.8) is 0 Å². The summed E-state index contributed by atoms with van der Waals surface area (Å²) in [6, 6.07) is 7.43. The maximum absolute atomic E-state index is 5.91. The van der Waals surface area contributed by atoms with E-state index in [1.54, 1.807) is 0 Å². The van der Waals surface area contributed by atoms with Crippen LogP contribution in [0.2, 0.25) is 5.02 Å². The molecule has 6 nitrogen and oxygen atoms in total. The van der Waals surface area contributed by atoms with Gasteiger partial charge >= 0.3 is 0 Å². The van der Waals surface area contributed by atoms with Gasteiger partial charge in [-0.2, -0.15) is 0 Å². The van der Waals surface area contributed by atoms with Crippen molar-refractivity contribution < 1.29 is 4.74 Å². The third kappa shape index (κ3) is 9.13. The minimum atomic E-state index is -0.00859. The van der Waals surface area contributed by atoms with Gasteiger partial charge in [-0.15, -0.1) is 0 Å². The summed E-state index contributed by atoms with van der Waals surface area (Å²) in [4.78, 5) is 9.64. The van der Waals surface area contributed by atoms with Crippen molar-refractivity contribution in [1.82, 2.24) is 20.4 Å². The molecule has 1 aliphatic rings. The Morgan fingerprint density at radius 1 is 1.18 bits per heavy atom. The number of halogens is 1. The normalized spacial score (nSPS) is 17.8. The number of rotatable bonds is 9. The first-order valence-electron chi connectivity index (χ1n) is 10.4. The first-order valence-corrected chi connectivity index (χ1v) is 10.8. The van der Waals surface area contributed by atoms with Gasteiger partial charge in [0, 0.05) is 31.2 Å². The zero-order chi connectivity index (χ0) is 20.2. The lowest BCUT2D eigenvalue weighted by Gasteiger charge is -2.20. The fraction of sp³-hybridized carbons (Fsp3) is 0.667. The molecule has 0 amide bonds. The average Bonchev–Trinajstić information content (AvgIpc) is 2.89. The van der Waals surface area contributed by atoms with Crippen LogP contribution in [0.25, 0.3) is 0 Å². The molecule has 1 aliphatic heterocycles. The van der Waals surface area contributed by atoms with Gasteiger partial charge in [-0.25, -0.2) is 4.99 Å². The van der Waals surface area contributed by atoms with Gasteiger partial charge < -0.3 is 25.2 Å². The number of hydrogen-bond acceptors (Lipinski definition) is 4. The minimum absolute atomic E-state index is 0.00859. The topological polar surface area (TPSA) is 52.1 Å². The number of ether oxygens (including phenoxy) is 1. The Kier molecular flexibility index (Phi) is 10.5. The molecule has 1 fully saturated rings. The van der Waals surface area contributed by atoms with E-state index in [0.29, 0.717) is 11.6 Å². The van der Waals surface area contributed by atoms with Crippen molar-refractivity contribution in [2.75, 3.05) is 59.4 Å². The van der Waals surface area contributed by atoms with Crippen LogP contribution in [-0.2, 0) is 0 Å². The molecule has 0 aliphatic carbocycles. The summed E-state index contributed by atoms with van der Waals surface area (Å²) in [5.41, 5.74) is 0. The number of guanidine groups is 1. The molecule has 28 heavy (non-hydrogen) atoms. The smallest absolute Gasteiger partial charge is 0.191 e. The first kappa shape index (κ1) is 22.8. The van der Waals surface area contributed by atoms with Crippen LogP contribution < -0.4 is 15.4 Å². The van der Waals surface area contributed by atoms with E-state index in [9.17, 15) is 0 Å². The van der Waals surface area contributed by atoms with E-state index < -0.39 is 0 Å². The second-order valence-corrected chi connectivity index (χ2v) is 7.82. The van der Waals surface area contributed by atoms with E-state index in [1.165, 1.54) is 32.6 Å². The quantitative estimate of drug-likeness (QED) is 0.373. The number of likely N-dealkylation sites (N-methyl/N-ethyl adjacent to an activating group) is 1. The molecule has 1 aromatic rings. The maximum atomic E-state index is 5.91. The van der Waals surface area contributed by atoms with E-state index >= 15 is 0 Å². The zero-order valence-electron chi connectivity index (χ0n) is 17.6.